The molecule has 2 aliphatic heterocycles. The van der Waals surface area contributed by atoms with Gasteiger partial charge in [0.25, 0.3) is 5.91 Å². The number of amides is 2. The first kappa shape index (κ1) is 24.1. The molecule has 0 radical (unpaired) electrons. The number of hydrogen-bond acceptors (Lipinski definition) is 6. The minimum atomic E-state index is -0.155. The zero-order valence-corrected chi connectivity index (χ0v) is 22.1. The number of aromatic nitrogens is 1. The van der Waals surface area contributed by atoms with Gasteiger partial charge in [-0.25, -0.2) is 0 Å². The van der Waals surface area contributed by atoms with E-state index < -0.39 is 0 Å². The van der Waals surface area contributed by atoms with E-state index in [0.717, 1.165) is 47.8 Å². The van der Waals surface area contributed by atoms with Gasteiger partial charge in [-0.1, -0.05) is 61.4 Å². The molecule has 0 spiro atoms. The van der Waals surface area contributed by atoms with Crippen molar-refractivity contribution in [2.75, 3.05) is 12.1 Å². The number of para-hydroxylation sites is 1. The van der Waals surface area contributed by atoms with E-state index in [4.69, 9.17) is 21.7 Å². The molecule has 9 heteroatoms. The number of ether oxygens (including phenoxy) is 2. The zero-order chi connectivity index (χ0) is 25.5. The average Bonchev–Trinajstić information content (AvgIpc) is 3.55. The number of anilines is 1. The van der Waals surface area contributed by atoms with Crippen molar-refractivity contribution in [3.8, 4) is 11.5 Å². The number of nitrogens with zero attached hydrogens (tertiary/aromatic N) is 2. The smallest absolute Gasteiger partial charge is 0.266 e. The molecule has 6 rings (SSSR count). The van der Waals surface area contributed by atoms with Crippen molar-refractivity contribution in [3.63, 3.8) is 0 Å². The van der Waals surface area contributed by atoms with Crippen LogP contribution in [0.25, 0.3) is 17.0 Å². The minimum Gasteiger partial charge on any atom is -0.454 e. The number of nitrogens with one attached hydrogen (secondary N) is 1. The summed E-state index contributed by atoms with van der Waals surface area (Å²) in [4.78, 5) is 28.9. The molecule has 0 atom stereocenters. The van der Waals surface area contributed by atoms with Crippen molar-refractivity contribution in [2.24, 2.45) is 0 Å². The fraction of sp³-hybridized carbons (Fsp3) is 0.321. The topological polar surface area (TPSA) is 72.8 Å². The number of rotatable bonds is 5. The van der Waals surface area contributed by atoms with Crippen molar-refractivity contribution >= 4 is 62.8 Å². The summed E-state index contributed by atoms with van der Waals surface area (Å²) in [6, 6.07) is 13.5. The molecule has 2 amide bonds. The van der Waals surface area contributed by atoms with E-state index in [1.54, 1.807) is 18.2 Å². The van der Waals surface area contributed by atoms with Crippen LogP contribution in [0.15, 0.2) is 47.4 Å². The quantitative estimate of drug-likeness (QED) is 0.328. The summed E-state index contributed by atoms with van der Waals surface area (Å²) in [5.41, 5.74) is 3.45. The molecule has 3 heterocycles. The van der Waals surface area contributed by atoms with Crippen molar-refractivity contribution in [2.45, 2.75) is 51.6 Å². The van der Waals surface area contributed by atoms with Gasteiger partial charge in [0, 0.05) is 40.0 Å². The molecule has 1 saturated carbocycles. The molecule has 2 fully saturated rings. The molecule has 3 aliphatic rings. The van der Waals surface area contributed by atoms with E-state index in [0.29, 0.717) is 26.4 Å². The monoisotopic (exact) mass is 533 g/mol. The predicted molar refractivity (Wildman–Crippen MR) is 150 cm³/mol. The Hall–Kier alpha value is -3.30. The molecule has 1 N–H and O–H groups in total. The largest absolute Gasteiger partial charge is 0.454 e. The van der Waals surface area contributed by atoms with Crippen LogP contribution in [-0.2, 0) is 16.1 Å². The van der Waals surface area contributed by atoms with Gasteiger partial charge in [-0.2, -0.15) is 0 Å². The van der Waals surface area contributed by atoms with E-state index in [1.807, 2.05) is 46.7 Å². The number of fused-ring (bicyclic) bond motifs is 2. The highest BCUT2D eigenvalue weighted by Gasteiger charge is 2.37. The molecule has 1 saturated heterocycles. The second-order valence-corrected chi connectivity index (χ2v) is 11.2. The SMILES string of the molecule is Cc1c(/C=C2/SC(=S)N(C3CCCCC3)C2=O)c2ccccc2n1CC(=O)Nc1ccc2c(c1)OCO2. The molecule has 1 aliphatic carbocycles. The highest BCUT2D eigenvalue weighted by molar-refractivity contribution is 8.26. The number of carbonyl (C=O) groups excluding carboxylic acids is 2. The maximum absolute atomic E-state index is 13.4. The van der Waals surface area contributed by atoms with Gasteiger partial charge in [-0.3, -0.25) is 14.5 Å². The van der Waals surface area contributed by atoms with E-state index in [1.165, 1.54) is 18.2 Å². The number of benzene rings is 2. The van der Waals surface area contributed by atoms with Crippen LogP contribution in [0.3, 0.4) is 0 Å². The summed E-state index contributed by atoms with van der Waals surface area (Å²) < 4.78 is 13.4. The van der Waals surface area contributed by atoms with Crippen molar-refractivity contribution in [3.05, 3.63) is 58.6 Å². The molecule has 0 bridgehead atoms. The van der Waals surface area contributed by atoms with E-state index in [-0.39, 0.29) is 31.2 Å². The number of carbonyl (C=O) groups is 2. The zero-order valence-electron chi connectivity index (χ0n) is 20.5. The Morgan fingerprint density at radius 2 is 1.92 bits per heavy atom. The Bertz CT molecular complexity index is 1460. The van der Waals surface area contributed by atoms with Gasteiger partial charge in [-0.05, 0) is 44.0 Å². The van der Waals surface area contributed by atoms with Crippen molar-refractivity contribution in [1.82, 2.24) is 9.47 Å². The maximum Gasteiger partial charge on any atom is 0.266 e. The molecule has 37 heavy (non-hydrogen) atoms. The van der Waals surface area contributed by atoms with Crippen LogP contribution in [-0.4, -0.2) is 38.4 Å². The fourth-order valence-corrected chi connectivity index (χ4v) is 6.81. The Morgan fingerprint density at radius 1 is 1.14 bits per heavy atom. The lowest BCUT2D eigenvalue weighted by molar-refractivity contribution is -0.124. The summed E-state index contributed by atoms with van der Waals surface area (Å²) in [5.74, 6) is 1.13. The third kappa shape index (κ3) is 4.51. The second-order valence-electron chi connectivity index (χ2n) is 9.56. The van der Waals surface area contributed by atoms with Crippen LogP contribution in [0.4, 0.5) is 5.69 Å². The van der Waals surface area contributed by atoms with Crippen LogP contribution in [0.1, 0.15) is 43.4 Å². The van der Waals surface area contributed by atoms with Gasteiger partial charge in [0.05, 0.1) is 4.91 Å². The summed E-state index contributed by atoms with van der Waals surface area (Å²) in [5, 5.41) is 3.96. The average molecular weight is 534 g/mol. The van der Waals surface area contributed by atoms with Crippen LogP contribution in [0, 0.1) is 6.92 Å². The first-order valence-electron chi connectivity index (χ1n) is 12.5. The van der Waals surface area contributed by atoms with Gasteiger partial charge >= 0.3 is 0 Å². The Labute approximate surface area is 224 Å². The van der Waals surface area contributed by atoms with Crippen LogP contribution >= 0.6 is 24.0 Å². The lowest BCUT2D eigenvalue weighted by atomic mass is 9.94. The van der Waals surface area contributed by atoms with E-state index in [2.05, 4.69) is 5.32 Å². The summed E-state index contributed by atoms with van der Waals surface area (Å²) in [7, 11) is 0. The fourth-order valence-electron chi connectivity index (χ4n) is 5.43. The normalized spacial score (nSPS) is 18.8. The molecule has 2 aromatic carbocycles. The third-order valence-electron chi connectivity index (χ3n) is 7.28. The molecule has 0 unspecified atom stereocenters. The van der Waals surface area contributed by atoms with Gasteiger partial charge in [-0.15, -0.1) is 0 Å². The first-order valence-corrected chi connectivity index (χ1v) is 13.8. The van der Waals surface area contributed by atoms with Gasteiger partial charge in [0.15, 0.2) is 11.5 Å². The third-order valence-corrected chi connectivity index (χ3v) is 8.61. The Morgan fingerprint density at radius 3 is 2.76 bits per heavy atom. The molecule has 190 valence electrons. The molecule has 7 nitrogen and oxygen atoms in total. The number of thioether (sulfide) groups is 1. The maximum atomic E-state index is 13.4. The summed E-state index contributed by atoms with van der Waals surface area (Å²) in [6.45, 7) is 2.31. The van der Waals surface area contributed by atoms with Crippen molar-refractivity contribution < 1.29 is 19.1 Å². The Balaban J connectivity index is 1.28. The van der Waals surface area contributed by atoms with Gasteiger partial charge in [0.2, 0.25) is 12.7 Å². The van der Waals surface area contributed by atoms with Crippen LogP contribution < -0.4 is 14.8 Å². The Kier molecular flexibility index (Phi) is 6.42. The van der Waals surface area contributed by atoms with E-state index >= 15 is 0 Å². The second kappa shape index (κ2) is 9.87. The first-order chi connectivity index (χ1) is 18.0. The highest BCUT2D eigenvalue weighted by Crippen LogP contribution is 2.39. The molecular weight excluding hydrogens is 506 g/mol. The van der Waals surface area contributed by atoms with Crippen LogP contribution in [0.2, 0.25) is 0 Å². The molecular formula is C28H27N3O4S2. The predicted octanol–water partition coefficient (Wildman–Crippen LogP) is 5.85. The standard InChI is InChI=1S/C28H27N3O4S2/c1-17-21(14-25-27(33)31(28(36)37-25)19-7-3-2-4-8-19)20-9-5-6-10-22(20)30(17)15-26(32)29-18-11-12-23-24(13-18)35-16-34-23/h5-6,9-14,19H,2-4,7-8,15-16H2,1H3,(H,29,32)/b25-14+. The van der Waals surface area contributed by atoms with Crippen molar-refractivity contribution in [1.29, 1.82) is 0 Å². The van der Waals surface area contributed by atoms with Gasteiger partial charge in [0.1, 0.15) is 10.9 Å². The molecule has 3 aromatic rings. The van der Waals surface area contributed by atoms with Crippen LogP contribution in [0.5, 0.6) is 11.5 Å². The lowest BCUT2D eigenvalue weighted by Crippen LogP contribution is -2.39. The van der Waals surface area contributed by atoms with Gasteiger partial charge < -0.3 is 19.4 Å². The van der Waals surface area contributed by atoms with E-state index in [9.17, 15) is 9.59 Å². The minimum absolute atomic E-state index is 0.00122. The summed E-state index contributed by atoms with van der Waals surface area (Å²) in [6.07, 6.45) is 7.48. The highest BCUT2D eigenvalue weighted by atomic mass is 32.2. The molecule has 1 aromatic heterocycles. The number of thiocarbonyl (C=S) groups is 1. The number of hydrogen-bond donors (Lipinski definition) is 1. The lowest BCUT2D eigenvalue weighted by Gasteiger charge is -2.29. The summed E-state index contributed by atoms with van der Waals surface area (Å²) >= 11 is 7.01.